The van der Waals surface area contributed by atoms with Gasteiger partial charge >= 0.3 is 6.09 Å². The summed E-state index contributed by atoms with van der Waals surface area (Å²) >= 11 is 0. The Labute approximate surface area is 189 Å². The predicted molar refractivity (Wildman–Crippen MR) is 120 cm³/mol. The molecular formula is C23H24N6O4. The van der Waals surface area contributed by atoms with Crippen molar-refractivity contribution in [2.45, 2.75) is 31.0 Å². The Bertz CT molecular complexity index is 1220. The lowest BCUT2D eigenvalue weighted by molar-refractivity contribution is 0.146. The Morgan fingerprint density at radius 3 is 2.61 bits per heavy atom. The van der Waals surface area contributed by atoms with Crippen LogP contribution in [0.2, 0.25) is 0 Å². The van der Waals surface area contributed by atoms with E-state index in [0.717, 1.165) is 5.56 Å². The summed E-state index contributed by atoms with van der Waals surface area (Å²) in [6.45, 7) is 1.29. The summed E-state index contributed by atoms with van der Waals surface area (Å²) in [5.41, 5.74) is 0.908. The first-order valence-electron chi connectivity index (χ1n) is 10.8. The smallest absolute Gasteiger partial charge is 0.407 e. The fraction of sp³-hybridized carbons (Fsp3) is 0.348. The SMILES string of the molecule is O=C(O)N1CCC2(CCn3c(nc(-c4ccncn4)cc3=O)N2C[C@@H](O)c2ccccc2)C1. The maximum Gasteiger partial charge on any atom is 0.407 e. The molecule has 33 heavy (non-hydrogen) atoms. The summed E-state index contributed by atoms with van der Waals surface area (Å²) in [6.07, 6.45) is 2.35. The van der Waals surface area contributed by atoms with E-state index in [2.05, 4.69) is 9.97 Å². The quantitative estimate of drug-likeness (QED) is 0.619. The number of nitrogens with zero attached hydrogens (tertiary/aromatic N) is 6. The zero-order valence-corrected chi connectivity index (χ0v) is 17.9. The number of rotatable bonds is 4. The van der Waals surface area contributed by atoms with Crippen molar-refractivity contribution < 1.29 is 15.0 Å². The number of hydrogen-bond acceptors (Lipinski definition) is 7. The number of benzene rings is 1. The molecule has 1 saturated heterocycles. The summed E-state index contributed by atoms with van der Waals surface area (Å²) in [5, 5.41) is 20.6. The molecule has 0 bridgehead atoms. The normalized spacial score (nSPS) is 20.6. The lowest BCUT2D eigenvalue weighted by Crippen LogP contribution is -2.58. The van der Waals surface area contributed by atoms with Gasteiger partial charge in [0.05, 0.1) is 29.6 Å². The van der Waals surface area contributed by atoms with Gasteiger partial charge < -0.3 is 20.0 Å². The zero-order chi connectivity index (χ0) is 23.0. The standard InChI is InChI=1S/C23H24N6O4/c30-19(16-4-2-1-3-5-16)13-29-21-26-18(17-6-9-24-15-25-17)12-20(31)28(21)11-8-23(29)7-10-27(14-23)22(32)33/h1-6,9,12,15,19,30H,7-8,10-11,13-14H2,(H,32,33)/t19-,23?/m1/s1. The van der Waals surface area contributed by atoms with Crippen LogP contribution >= 0.6 is 0 Å². The van der Waals surface area contributed by atoms with E-state index in [1.54, 1.807) is 16.8 Å². The molecule has 5 rings (SSSR count). The molecule has 1 fully saturated rings. The van der Waals surface area contributed by atoms with Crippen LogP contribution in [0.4, 0.5) is 10.7 Å². The fourth-order valence-electron chi connectivity index (χ4n) is 4.82. The number of aromatic nitrogens is 4. The van der Waals surface area contributed by atoms with E-state index >= 15 is 0 Å². The van der Waals surface area contributed by atoms with Crippen LogP contribution in [0.5, 0.6) is 0 Å². The molecule has 2 aromatic heterocycles. The van der Waals surface area contributed by atoms with Gasteiger partial charge in [-0.05, 0) is 24.5 Å². The van der Waals surface area contributed by atoms with Crippen LogP contribution in [0, 0.1) is 0 Å². The Hall–Kier alpha value is -3.79. The molecule has 1 aromatic carbocycles. The van der Waals surface area contributed by atoms with Gasteiger partial charge in [0.1, 0.15) is 6.33 Å². The van der Waals surface area contributed by atoms with E-state index in [1.807, 2.05) is 35.2 Å². The van der Waals surface area contributed by atoms with Crippen molar-refractivity contribution in [3.05, 3.63) is 70.9 Å². The lowest BCUT2D eigenvalue weighted by atomic mass is 9.89. The minimum Gasteiger partial charge on any atom is -0.465 e. The van der Waals surface area contributed by atoms with E-state index in [1.165, 1.54) is 17.3 Å². The number of β-amino-alcohol motifs (C(OH)–C–C–N with tert-alkyl or cyclic N) is 1. The molecule has 2 atom stereocenters. The largest absolute Gasteiger partial charge is 0.465 e. The highest BCUT2D eigenvalue weighted by Gasteiger charge is 2.48. The number of likely N-dealkylation sites (tertiary alicyclic amines) is 1. The Kier molecular flexibility index (Phi) is 5.29. The maximum absolute atomic E-state index is 13.0. The molecule has 2 N–H and O–H groups in total. The Morgan fingerprint density at radius 2 is 1.91 bits per heavy atom. The molecule has 0 saturated carbocycles. The molecule has 1 amide bonds. The first kappa shape index (κ1) is 21.1. The van der Waals surface area contributed by atoms with Crippen LogP contribution in [-0.4, -0.2) is 65.9 Å². The van der Waals surface area contributed by atoms with E-state index < -0.39 is 17.7 Å². The van der Waals surface area contributed by atoms with Crippen LogP contribution < -0.4 is 10.5 Å². The molecule has 170 valence electrons. The van der Waals surface area contributed by atoms with Crippen molar-refractivity contribution in [1.29, 1.82) is 0 Å². The van der Waals surface area contributed by atoms with Crippen LogP contribution in [0.3, 0.4) is 0 Å². The van der Waals surface area contributed by atoms with Crippen LogP contribution in [0.15, 0.2) is 59.8 Å². The average molecular weight is 448 g/mol. The van der Waals surface area contributed by atoms with Gasteiger partial charge in [0, 0.05) is 31.9 Å². The topological polar surface area (TPSA) is 125 Å². The first-order chi connectivity index (χ1) is 16.0. The third-order valence-electron chi connectivity index (χ3n) is 6.59. The number of aliphatic hydroxyl groups excluding tert-OH is 1. The second kappa shape index (κ2) is 8.28. The van der Waals surface area contributed by atoms with Gasteiger partial charge in [0.15, 0.2) is 0 Å². The van der Waals surface area contributed by atoms with Crippen molar-refractivity contribution in [1.82, 2.24) is 24.4 Å². The third-order valence-corrected chi connectivity index (χ3v) is 6.59. The fourth-order valence-corrected chi connectivity index (χ4v) is 4.82. The number of fused-ring (bicyclic) bond motifs is 1. The van der Waals surface area contributed by atoms with Crippen molar-refractivity contribution in [2.75, 3.05) is 24.5 Å². The highest BCUT2D eigenvalue weighted by atomic mass is 16.4. The van der Waals surface area contributed by atoms with Crippen LogP contribution in [-0.2, 0) is 6.54 Å². The average Bonchev–Trinajstić information content (AvgIpc) is 3.27. The summed E-state index contributed by atoms with van der Waals surface area (Å²) in [5.74, 6) is 0.421. The van der Waals surface area contributed by atoms with E-state index in [-0.39, 0.29) is 18.6 Å². The van der Waals surface area contributed by atoms with Crippen molar-refractivity contribution in [3.63, 3.8) is 0 Å². The first-order valence-corrected chi connectivity index (χ1v) is 10.8. The molecule has 10 nitrogen and oxygen atoms in total. The van der Waals surface area contributed by atoms with Crippen LogP contribution in [0.1, 0.15) is 24.5 Å². The molecule has 0 aliphatic carbocycles. The Balaban J connectivity index is 1.60. The van der Waals surface area contributed by atoms with Crippen molar-refractivity contribution >= 4 is 12.0 Å². The van der Waals surface area contributed by atoms with Gasteiger partial charge in [-0.15, -0.1) is 0 Å². The number of carbonyl (C=O) groups is 1. The molecule has 1 unspecified atom stereocenters. The molecule has 4 heterocycles. The second-order valence-corrected chi connectivity index (χ2v) is 8.49. The molecule has 2 aliphatic rings. The van der Waals surface area contributed by atoms with E-state index in [0.29, 0.717) is 43.3 Å². The molecule has 2 aliphatic heterocycles. The van der Waals surface area contributed by atoms with Gasteiger partial charge in [-0.3, -0.25) is 9.36 Å². The molecule has 0 radical (unpaired) electrons. The van der Waals surface area contributed by atoms with Gasteiger partial charge in [0.25, 0.3) is 5.56 Å². The van der Waals surface area contributed by atoms with Crippen molar-refractivity contribution in [2.24, 2.45) is 0 Å². The highest BCUT2D eigenvalue weighted by Crippen LogP contribution is 2.39. The van der Waals surface area contributed by atoms with Gasteiger partial charge in [-0.1, -0.05) is 30.3 Å². The van der Waals surface area contributed by atoms with Crippen molar-refractivity contribution in [3.8, 4) is 11.4 Å². The molecule has 1 spiro atoms. The second-order valence-electron chi connectivity index (χ2n) is 8.49. The maximum atomic E-state index is 13.0. The summed E-state index contributed by atoms with van der Waals surface area (Å²) in [6, 6.07) is 12.4. The molecule has 10 heteroatoms. The van der Waals surface area contributed by atoms with Gasteiger partial charge in [-0.25, -0.2) is 19.7 Å². The zero-order valence-electron chi connectivity index (χ0n) is 17.9. The van der Waals surface area contributed by atoms with Gasteiger partial charge in [0.2, 0.25) is 5.95 Å². The molecule has 3 aromatic rings. The van der Waals surface area contributed by atoms with E-state index in [9.17, 15) is 19.8 Å². The minimum atomic E-state index is -0.971. The number of anilines is 1. The Morgan fingerprint density at radius 1 is 1.12 bits per heavy atom. The minimum absolute atomic E-state index is 0.178. The lowest BCUT2D eigenvalue weighted by Gasteiger charge is -2.47. The summed E-state index contributed by atoms with van der Waals surface area (Å²) in [4.78, 5) is 41.0. The summed E-state index contributed by atoms with van der Waals surface area (Å²) < 4.78 is 1.59. The van der Waals surface area contributed by atoms with E-state index in [4.69, 9.17) is 4.98 Å². The monoisotopic (exact) mass is 448 g/mol. The highest BCUT2D eigenvalue weighted by molar-refractivity contribution is 5.66. The third kappa shape index (κ3) is 3.82. The number of hydrogen-bond donors (Lipinski definition) is 2. The number of carboxylic acid groups (broad SMARTS) is 1. The molecular weight excluding hydrogens is 424 g/mol. The number of aliphatic hydroxyl groups is 1. The van der Waals surface area contributed by atoms with Gasteiger partial charge in [-0.2, -0.15) is 0 Å². The van der Waals surface area contributed by atoms with Crippen LogP contribution in [0.25, 0.3) is 11.4 Å². The predicted octanol–water partition coefficient (Wildman–Crippen LogP) is 1.77. The number of amides is 1. The summed E-state index contributed by atoms with van der Waals surface area (Å²) in [7, 11) is 0.